The van der Waals surface area contributed by atoms with Crippen LogP contribution in [0.1, 0.15) is 35.2 Å². The topological polar surface area (TPSA) is 32.3 Å². The molecule has 0 unspecified atom stereocenters. The third-order valence-electron chi connectivity index (χ3n) is 3.53. The Morgan fingerprint density at radius 1 is 1.15 bits per heavy atom. The van der Waals surface area contributed by atoms with Gasteiger partial charge in [0.2, 0.25) is 0 Å². The van der Waals surface area contributed by atoms with Crippen LogP contribution >= 0.6 is 11.6 Å². The predicted octanol–water partition coefficient (Wildman–Crippen LogP) is 4.51. The number of hydrogen-bond donors (Lipinski definition) is 2. The van der Waals surface area contributed by atoms with Crippen molar-refractivity contribution in [3.05, 3.63) is 63.7 Å². The van der Waals surface area contributed by atoms with Crippen LogP contribution in [0.2, 0.25) is 5.02 Å². The van der Waals surface area contributed by atoms with Gasteiger partial charge in [-0.15, -0.1) is 0 Å². The van der Waals surface area contributed by atoms with E-state index in [9.17, 15) is 5.11 Å². The van der Waals surface area contributed by atoms with Gasteiger partial charge in [0.15, 0.2) is 0 Å². The second-order valence-electron chi connectivity index (χ2n) is 5.20. The molecule has 0 fully saturated rings. The second-order valence-corrected chi connectivity index (χ2v) is 5.61. The average Bonchev–Trinajstić information content (AvgIpc) is 2.42. The van der Waals surface area contributed by atoms with Crippen LogP contribution in [0.25, 0.3) is 0 Å². The number of hydrogen-bond acceptors (Lipinski definition) is 2. The van der Waals surface area contributed by atoms with Gasteiger partial charge in [0, 0.05) is 17.6 Å². The fourth-order valence-corrected chi connectivity index (χ4v) is 2.65. The molecule has 0 bridgehead atoms. The van der Waals surface area contributed by atoms with E-state index in [0.29, 0.717) is 5.75 Å². The van der Waals surface area contributed by atoms with Gasteiger partial charge in [-0.2, -0.15) is 0 Å². The number of aromatic hydroxyl groups is 1. The van der Waals surface area contributed by atoms with Gasteiger partial charge in [0.05, 0.1) is 0 Å². The molecule has 0 saturated carbocycles. The minimum atomic E-state index is 0.179. The van der Waals surface area contributed by atoms with E-state index in [-0.39, 0.29) is 6.04 Å². The molecule has 0 aliphatic carbocycles. The van der Waals surface area contributed by atoms with Gasteiger partial charge in [0.1, 0.15) is 5.75 Å². The molecule has 0 saturated heterocycles. The first-order chi connectivity index (χ1) is 9.49. The summed E-state index contributed by atoms with van der Waals surface area (Å²) in [4.78, 5) is 0. The number of halogens is 1. The predicted molar refractivity (Wildman–Crippen MR) is 84.3 cm³/mol. The standard InChI is InChI=1S/C17H20ClNO/c1-11-8-14(9-12(2)17(11)20)10-19-13(3)15-6-4-5-7-16(15)18/h4-9,13,19-20H,10H2,1-3H3/t13-/m1/s1. The Kier molecular flexibility index (Phi) is 4.69. The largest absolute Gasteiger partial charge is 0.507 e. The Labute approximate surface area is 125 Å². The van der Waals surface area contributed by atoms with Crippen molar-refractivity contribution in [1.29, 1.82) is 0 Å². The monoisotopic (exact) mass is 289 g/mol. The van der Waals surface area contributed by atoms with E-state index in [2.05, 4.69) is 12.2 Å². The van der Waals surface area contributed by atoms with E-state index in [1.807, 2.05) is 50.2 Å². The lowest BCUT2D eigenvalue weighted by Crippen LogP contribution is -2.18. The van der Waals surface area contributed by atoms with Gasteiger partial charge in [0.25, 0.3) is 0 Å². The first kappa shape index (κ1) is 14.9. The molecule has 0 aliphatic heterocycles. The van der Waals surface area contributed by atoms with E-state index in [1.54, 1.807) is 0 Å². The fourth-order valence-electron chi connectivity index (χ4n) is 2.35. The minimum absolute atomic E-state index is 0.179. The molecule has 0 radical (unpaired) electrons. The zero-order valence-corrected chi connectivity index (χ0v) is 12.8. The zero-order valence-electron chi connectivity index (χ0n) is 12.1. The summed E-state index contributed by atoms with van der Waals surface area (Å²) in [5.41, 5.74) is 4.08. The highest BCUT2D eigenvalue weighted by Crippen LogP contribution is 2.25. The van der Waals surface area contributed by atoms with E-state index in [4.69, 9.17) is 11.6 Å². The molecule has 0 heterocycles. The third-order valence-corrected chi connectivity index (χ3v) is 3.88. The number of benzene rings is 2. The molecule has 2 rings (SSSR count). The van der Waals surface area contributed by atoms with Crippen molar-refractivity contribution in [2.45, 2.75) is 33.4 Å². The summed E-state index contributed by atoms with van der Waals surface area (Å²) in [6, 6.07) is 12.1. The molecule has 2 aromatic rings. The smallest absolute Gasteiger partial charge is 0.121 e. The van der Waals surface area contributed by atoms with Crippen LogP contribution in [0.5, 0.6) is 5.75 Å². The van der Waals surface area contributed by atoms with Crippen molar-refractivity contribution >= 4 is 11.6 Å². The number of phenols is 1. The van der Waals surface area contributed by atoms with Crippen LogP contribution in [0, 0.1) is 13.8 Å². The lowest BCUT2D eigenvalue weighted by atomic mass is 10.0. The van der Waals surface area contributed by atoms with Gasteiger partial charge in [-0.25, -0.2) is 0 Å². The van der Waals surface area contributed by atoms with Crippen LogP contribution < -0.4 is 5.32 Å². The van der Waals surface area contributed by atoms with E-state index in [1.165, 1.54) is 0 Å². The minimum Gasteiger partial charge on any atom is -0.507 e. The molecule has 0 aliphatic rings. The maximum Gasteiger partial charge on any atom is 0.121 e. The van der Waals surface area contributed by atoms with Gasteiger partial charge >= 0.3 is 0 Å². The number of phenolic OH excluding ortho intramolecular Hbond substituents is 1. The van der Waals surface area contributed by atoms with Crippen LogP contribution in [0.15, 0.2) is 36.4 Å². The van der Waals surface area contributed by atoms with Crippen LogP contribution in [0.4, 0.5) is 0 Å². The quantitative estimate of drug-likeness (QED) is 0.868. The molecule has 2 N–H and O–H groups in total. The highest BCUT2D eigenvalue weighted by molar-refractivity contribution is 6.31. The number of aryl methyl sites for hydroxylation is 2. The molecule has 106 valence electrons. The Morgan fingerprint density at radius 3 is 2.35 bits per heavy atom. The van der Waals surface area contributed by atoms with Gasteiger partial charge in [-0.1, -0.05) is 41.9 Å². The maximum atomic E-state index is 9.78. The normalized spacial score (nSPS) is 12.4. The van der Waals surface area contributed by atoms with Crippen LogP contribution in [-0.2, 0) is 6.54 Å². The zero-order chi connectivity index (χ0) is 14.7. The molecule has 0 spiro atoms. The van der Waals surface area contributed by atoms with E-state index >= 15 is 0 Å². The highest BCUT2D eigenvalue weighted by atomic mass is 35.5. The summed E-state index contributed by atoms with van der Waals surface area (Å²) in [6.07, 6.45) is 0. The Bertz CT molecular complexity index is 587. The molecule has 0 aromatic heterocycles. The summed E-state index contributed by atoms with van der Waals surface area (Å²) in [5, 5.41) is 14.0. The average molecular weight is 290 g/mol. The molecule has 2 aromatic carbocycles. The molecular weight excluding hydrogens is 270 g/mol. The summed E-state index contributed by atoms with van der Waals surface area (Å²) in [7, 11) is 0. The van der Waals surface area contributed by atoms with Crippen molar-refractivity contribution < 1.29 is 5.11 Å². The van der Waals surface area contributed by atoms with Crippen molar-refractivity contribution in [2.24, 2.45) is 0 Å². The fraction of sp³-hybridized carbons (Fsp3) is 0.294. The lowest BCUT2D eigenvalue weighted by Gasteiger charge is -2.16. The lowest BCUT2D eigenvalue weighted by molar-refractivity contribution is 0.466. The maximum absolute atomic E-state index is 9.78. The van der Waals surface area contributed by atoms with Crippen molar-refractivity contribution in [3.63, 3.8) is 0 Å². The molecule has 3 heteroatoms. The van der Waals surface area contributed by atoms with Crippen molar-refractivity contribution in [2.75, 3.05) is 0 Å². The SMILES string of the molecule is Cc1cc(CN[C@H](C)c2ccccc2Cl)cc(C)c1O. The number of rotatable bonds is 4. The summed E-state index contributed by atoms with van der Waals surface area (Å²) < 4.78 is 0. The molecule has 20 heavy (non-hydrogen) atoms. The first-order valence-electron chi connectivity index (χ1n) is 6.76. The molecular formula is C17H20ClNO. The Hall–Kier alpha value is -1.51. The van der Waals surface area contributed by atoms with E-state index in [0.717, 1.165) is 33.8 Å². The first-order valence-corrected chi connectivity index (χ1v) is 7.13. The van der Waals surface area contributed by atoms with E-state index < -0.39 is 0 Å². The second kappa shape index (κ2) is 6.29. The van der Waals surface area contributed by atoms with Gasteiger partial charge in [-0.3, -0.25) is 0 Å². The Balaban J connectivity index is 2.07. The van der Waals surface area contributed by atoms with Crippen LogP contribution in [0.3, 0.4) is 0 Å². The van der Waals surface area contributed by atoms with Crippen molar-refractivity contribution in [1.82, 2.24) is 5.32 Å². The summed E-state index contributed by atoms with van der Waals surface area (Å²) in [6.45, 7) is 6.68. The third kappa shape index (κ3) is 3.33. The van der Waals surface area contributed by atoms with Crippen molar-refractivity contribution in [3.8, 4) is 5.75 Å². The Morgan fingerprint density at radius 2 is 1.75 bits per heavy atom. The van der Waals surface area contributed by atoms with Gasteiger partial charge in [-0.05, 0) is 49.1 Å². The molecule has 2 nitrogen and oxygen atoms in total. The number of nitrogens with one attached hydrogen (secondary N) is 1. The van der Waals surface area contributed by atoms with Gasteiger partial charge < -0.3 is 10.4 Å². The van der Waals surface area contributed by atoms with Crippen LogP contribution in [-0.4, -0.2) is 5.11 Å². The highest BCUT2D eigenvalue weighted by Gasteiger charge is 2.09. The molecule has 0 amide bonds. The summed E-state index contributed by atoms with van der Waals surface area (Å²) in [5.74, 6) is 0.382. The summed E-state index contributed by atoms with van der Waals surface area (Å²) >= 11 is 6.20. The molecule has 1 atom stereocenters.